The van der Waals surface area contributed by atoms with E-state index in [9.17, 15) is 4.79 Å². The molecule has 2 rings (SSSR count). The van der Waals surface area contributed by atoms with Crippen LogP contribution in [0.25, 0.3) is 0 Å². The first-order valence-electron chi connectivity index (χ1n) is 6.37. The maximum Gasteiger partial charge on any atom is 0.340 e. The van der Waals surface area contributed by atoms with Gasteiger partial charge >= 0.3 is 5.97 Å². The second kappa shape index (κ2) is 6.63. The Morgan fingerprint density at radius 2 is 2.05 bits per heavy atom. The SMILES string of the molecule is COC(=O)c1c(N)cccc1COc1cc(Br)ccc1C. The minimum absolute atomic E-state index is 0.243. The third-order valence-electron chi connectivity index (χ3n) is 3.11. The molecule has 0 aliphatic heterocycles. The Morgan fingerprint density at radius 1 is 1.29 bits per heavy atom. The van der Waals surface area contributed by atoms with Gasteiger partial charge in [0.25, 0.3) is 0 Å². The van der Waals surface area contributed by atoms with Crippen LogP contribution in [0.15, 0.2) is 40.9 Å². The minimum atomic E-state index is -0.460. The molecule has 0 aliphatic carbocycles. The zero-order valence-electron chi connectivity index (χ0n) is 11.9. The van der Waals surface area contributed by atoms with Crippen LogP contribution in [0.3, 0.4) is 0 Å². The quantitative estimate of drug-likeness (QED) is 0.675. The van der Waals surface area contributed by atoms with Crippen LogP contribution in [-0.2, 0) is 11.3 Å². The average Bonchev–Trinajstić information content (AvgIpc) is 2.47. The van der Waals surface area contributed by atoms with E-state index in [1.54, 1.807) is 18.2 Å². The molecule has 0 saturated heterocycles. The van der Waals surface area contributed by atoms with Crippen LogP contribution in [0.5, 0.6) is 5.75 Å². The van der Waals surface area contributed by atoms with Gasteiger partial charge in [0, 0.05) is 15.7 Å². The number of anilines is 1. The molecule has 0 amide bonds. The van der Waals surface area contributed by atoms with E-state index in [2.05, 4.69) is 15.9 Å². The predicted octanol–water partition coefficient (Wildman–Crippen LogP) is 3.71. The molecule has 5 heteroatoms. The Hall–Kier alpha value is -2.01. The molecule has 0 atom stereocenters. The molecule has 0 bridgehead atoms. The van der Waals surface area contributed by atoms with Crippen LogP contribution in [0.2, 0.25) is 0 Å². The lowest BCUT2D eigenvalue weighted by Crippen LogP contribution is -2.11. The summed E-state index contributed by atoms with van der Waals surface area (Å²) in [5.74, 6) is 0.292. The Kier molecular flexibility index (Phi) is 4.85. The lowest BCUT2D eigenvalue weighted by atomic mass is 10.1. The largest absolute Gasteiger partial charge is 0.489 e. The average molecular weight is 350 g/mol. The molecule has 0 fully saturated rings. The van der Waals surface area contributed by atoms with Crippen molar-refractivity contribution in [2.24, 2.45) is 0 Å². The zero-order chi connectivity index (χ0) is 15.4. The number of ether oxygens (including phenoxy) is 2. The molecular weight excluding hydrogens is 334 g/mol. The Labute approximate surface area is 132 Å². The third-order valence-corrected chi connectivity index (χ3v) is 3.60. The molecule has 0 radical (unpaired) electrons. The number of halogens is 1. The normalized spacial score (nSPS) is 10.2. The van der Waals surface area contributed by atoms with Crippen LogP contribution >= 0.6 is 15.9 Å². The summed E-state index contributed by atoms with van der Waals surface area (Å²) < 4.78 is 11.5. The van der Waals surface area contributed by atoms with E-state index >= 15 is 0 Å². The highest BCUT2D eigenvalue weighted by Crippen LogP contribution is 2.25. The van der Waals surface area contributed by atoms with Crippen molar-refractivity contribution >= 4 is 27.6 Å². The predicted molar refractivity (Wildman–Crippen MR) is 85.4 cm³/mol. The summed E-state index contributed by atoms with van der Waals surface area (Å²) in [5, 5.41) is 0. The molecule has 4 nitrogen and oxygen atoms in total. The summed E-state index contributed by atoms with van der Waals surface area (Å²) in [6.45, 7) is 2.20. The molecule has 0 aromatic heterocycles. The molecule has 2 N–H and O–H groups in total. The first kappa shape index (κ1) is 15.4. The minimum Gasteiger partial charge on any atom is -0.489 e. The number of benzene rings is 2. The molecular formula is C16H16BrNO3. The number of carbonyl (C=O) groups excluding carboxylic acids is 1. The summed E-state index contributed by atoms with van der Waals surface area (Å²) in [7, 11) is 1.33. The summed E-state index contributed by atoms with van der Waals surface area (Å²) in [4.78, 5) is 11.8. The Morgan fingerprint density at radius 3 is 2.76 bits per heavy atom. The number of aryl methyl sites for hydroxylation is 1. The van der Waals surface area contributed by atoms with E-state index < -0.39 is 5.97 Å². The van der Waals surface area contributed by atoms with Gasteiger partial charge in [-0.25, -0.2) is 4.79 Å². The fourth-order valence-corrected chi connectivity index (χ4v) is 2.32. The van der Waals surface area contributed by atoms with Crippen molar-refractivity contribution in [1.82, 2.24) is 0 Å². The van der Waals surface area contributed by atoms with Crippen molar-refractivity contribution in [2.75, 3.05) is 12.8 Å². The van der Waals surface area contributed by atoms with E-state index in [1.165, 1.54) is 7.11 Å². The van der Waals surface area contributed by atoms with Gasteiger partial charge in [-0.1, -0.05) is 34.1 Å². The van der Waals surface area contributed by atoms with Crippen molar-refractivity contribution in [1.29, 1.82) is 0 Å². The number of hydrogen-bond acceptors (Lipinski definition) is 4. The summed E-state index contributed by atoms with van der Waals surface area (Å²) in [6, 6.07) is 11.0. The zero-order valence-corrected chi connectivity index (χ0v) is 13.4. The van der Waals surface area contributed by atoms with Gasteiger partial charge in [-0.05, 0) is 30.7 Å². The van der Waals surface area contributed by atoms with Crippen LogP contribution < -0.4 is 10.5 Å². The smallest absolute Gasteiger partial charge is 0.340 e. The van der Waals surface area contributed by atoms with Crippen LogP contribution in [-0.4, -0.2) is 13.1 Å². The number of nitrogen functional groups attached to an aromatic ring is 1. The van der Waals surface area contributed by atoms with E-state index in [1.807, 2.05) is 25.1 Å². The van der Waals surface area contributed by atoms with Gasteiger partial charge in [-0.2, -0.15) is 0 Å². The van der Waals surface area contributed by atoms with Crippen LogP contribution in [0.4, 0.5) is 5.69 Å². The molecule has 0 unspecified atom stereocenters. The van der Waals surface area contributed by atoms with Gasteiger partial charge < -0.3 is 15.2 Å². The van der Waals surface area contributed by atoms with E-state index in [4.69, 9.17) is 15.2 Å². The summed E-state index contributed by atoms with van der Waals surface area (Å²) in [6.07, 6.45) is 0. The molecule has 0 heterocycles. The summed E-state index contributed by atoms with van der Waals surface area (Å²) >= 11 is 3.41. The van der Waals surface area contributed by atoms with E-state index in [-0.39, 0.29) is 6.61 Å². The van der Waals surface area contributed by atoms with Crippen molar-refractivity contribution < 1.29 is 14.3 Å². The van der Waals surface area contributed by atoms with Gasteiger partial charge in [0.05, 0.1) is 12.7 Å². The molecule has 21 heavy (non-hydrogen) atoms. The standard InChI is InChI=1S/C16H16BrNO3/c1-10-6-7-12(17)8-14(10)21-9-11-4-3-5-13(18)15(11)16(19)20-2/h3-8H,9,18H2,1-2H3. The number of rotatable bonds is 4. The third kappa shape index (κ3) is 3.55. The monoisotopic (exact) mass is 349 g/mol. The second-order valence-corrected chi connectivity index (χ2v) is 5.49. The first-order chi connectivity index (χ1) is 10.0. The van der Waals surface area contributed by atoms with E-state index in [0.29, 0.717) is 16.8 Å². The van der Waals surface area contributed by atoms with Gasteiger partial charge in [0.2, 0.25) is 0 Å². The van der Waals surface area contributed by atoms with Gasteiger partial charge in [-0.15, -0.1) is 0 Å². The Bertz CT molecular complexity index is 671. The van der Waals surface area contributed by atoms with Crippen LogP contribution in [0.1, 0.15) is 21.5 Å². The number of methoxy groups -OCH3 is 1. The number of carbonyl (C=O) groups is 1. The van der Waals surface area contributed by atoms with E-state index in [0.717, 1.165) is 15.8 Å². The highest BCUT2D eigenvalue weighted by atomic mass is 79.9. The Balaban J connectivity index is 2.26. The highest BCUT2D eigenvalue weighted by Gasteiger charge is 2.16. The summed E-state index contributed by atoms with van der Waals surface area (Å²) in [5.41, 5.74) is 8.31. The molecule has 2 aromatic carbocycles. The lowest BCUT2D eigenvalue weighted by molar-refractivity contribution is 0.0599. The van der Waals surface area contributed by atoms with Crippen molar-refractivity contribution in [3.05, 3.63) is 57.6 Å². The fraction of sp³-hybridized carbons (Fsp3) is 0.188. The molecule has 0 spiro atoms. The maximum absolute atomic E-state index is 11.8. The lowest BCUT2D eigenvalue weighted by Gasteiger charge is -2.13. The van der Waals surface area contributed by atoms with Crippen molar-refractivity contribution in [2.45, 2.75) is 13.5 Å². The van der Waals surface area contributed by atoms with Gasteiger partial charge in [0.15, 0.2) is 0 Å². The highest BCUT2D eigenvalue weighted by molar-refractivity contribution is 9.10. The number of nitrogens with two attached hydrogens (primary N) is 1. The van der Waals surface area contributed by atoms with Crippen LogP contribution in [0, 0.1) is 6.92 Å². The van der Waals surface area contributed by atoms with Crippen molar-refractivity contribution in [3.8, 4) is 5.75 Å². The topological polar surface area (TPSA) is 61.5 Å². The molecule has 110 valence electrons. The van der Waals surface area contributed by atoms with Gasteiger partial charge in [-0.3, -0.25) is 0 Å². The molecule has 0 aliphatic rings. The number of esters is 1. The van der Waals surface area contributed by atoms with Crippen molar-refractivity contribution in [3.63, 3.8) is 0 Å². The molecule has 0 saturated carbocycles. The first-order valence-corrected chi connectivity index (χ1v) is 7.17. The molecule has 2 aromatic rings. The number of hydrogen-bond donors (Lipinski definition) is 1. The van der Waals surface area contributed by atoms with Gasteiger partial charge in [0.1, 0.15) is 12.4 Å². The maximum atomic E-state index is 11.8. The second-order valence-electron chi connectivity index (χ2n) is 4.57. The fourth-order valence-electron chi connectivity index (χ4n) is 1.98.